The lowest BCUT2D eigenvalue weighted by atomic mass is 9.77. The zero-order valence-electron chi connectivity index (χ0n) is 13.0. The number of ether oxygens (including phenoxy) is 2. The number of carbonyl (C=O) groups excluding carboxylic acids is 1. The summed E-state index contributed by atoms with van der Waals surface area (Å²) in [4.78, 5) is 12.4. The molecule has 3 heteroatoms. The van der Waals surface area contributed by atoms with Gasteiger partial charge in [0, 0.05) is 0 Å². The van der Waals surface area contributed by atoms with Crippen LogP contribution in [-0.2, 0) is 0 Å². The highest BCUT2D eigenvalue weighted by molar-refractivity contribution is 6.00. The van der Waals surface area contributed by atoms with Crippen LogP contribution in [0.15, 0.2) is 54.6 Å². The van der Waals surface area contributed by atoms with Crippen molar-refractivity contribution in [1.82, 2.24) is 0 Å². The van der Waals surface area contributed by atoms with Gasteiger partial charge < -0.3 is 9.47 Å². The van der Waals surface area contributed by atoms with E-state index >= 15 is 0 Å². The van der Waals surface area contributed by atoms with Gasteiger partial charge in [-0.15, -0.1) is 0 Å². The SMILES string of the molecule is O=C1CC2(CCC(Oc3ccccc3)CC2)Oc2ccccc21. The molecule has 0 amide bonds. The van der Waals surface area contributed by atoms with Crippen LogP contribution in [0.25, 0.3) is 0 Å². The highest BCUT2D eigenvalue weighted by Gasteiger charge is 2.43. The first kappa shape index (κ1) is 14.3. The Bertz CT molecular complexity index is 700. The highest BCUT2D eigenvalue weighted by atomic mass is 16.5. The molecule has 118 valence electrons. The van der Waals surface area contributed by atoms with E-state index in [1.807, 2.05) is 54.6 Å². The van der Waals surface area contributed by atoms with Gasteiger partial charge in [0.05, 0.1) is 18.1 Å². The molecule has 1 spiro atoms. The molecule has 0 N–H and O–H groups in total. The average molecular weight is 308 g/mol. The second-order valence-corrected chi connectivity index (χ2v) is 6.51. The smallest absolute Gasteiger partial charge is 0.170 e. The Morgan fingerprint density at radius 3 is 2.43 bits per heavy atom. The van der Waals surface area contributed by atoms with Gasteiger partial charge in [-0.2, -0.15) is 0 Å². The molecule has 0 saturated heterocycles. The van der Waals surface area contributed by atoms with Crippen LogP contribution >= 0.6 is 0 Å². The van der Waals surface area contributed by atoms with Crippen molar-refractivity contribution in [1.29, 1.82) is 0 Å². The first-order valence-corrected chi connectivity index (χ1v) is 8.27. The summed E-state index contributed by atoms with van der Waals surface area (Å²) in [6, 6.07) is 17.5. The number of carbonyl (C=O) groups is 1. The molecule has 1 saturated carbocycles. The second kappa shape index (κ2) is 5.73. The summed E-state index contributed by atoms with van der Waals surface area (Å²) < 4.78 is 12.3. The first-order valence-electron chi connectivity index (χ1n) is 8.27. The monoisotopic (exact) mass is 308 g/mol. The Labute approximate surface area is 136 Å². The van der Waals surface area contributed by atoms with Crippen molar-refractivity contribution in [3.63, 3.8) is 0 Å². The first-order chi connectivity index (χ1) is 11.2. The number of hydrogen-bond acceptors (Lipinski definition) is 3. The molecule has 1 fully saturated rings. The summed E-state index contributed by atoms with van der Waals surface area (Å²) in [6.07, 6.45) is 4.27. The fourth-order valence-electron chi connectivity index (χ4n) is 3.65. The third kappa shape index (κ3) is 2.83. The lowest BCUT2D eigenvalue weighted by Gasteiger charge is -2.42. The minimum absolute atomic E-state index is 0.203. The highest BCUT2D eigenvalue weighted by Crippen LogP contribution is 2.42. The van der Waals surface area contributed by atoms with Gasteiger partial charge in [0.25, 0.3) is 0 Å². The van der Waals surface area contributed by atoms with Crippen molar-refractivity contribution in [3.8, 4) is 11.5 Å². The Balaban J connectivity index is 1.44. The zero-order chi connectivity index (χ0) is 15.7. The summed E-state index contributed by atoms with van der Waals surface area (Å²) >= 11 is 0. The number of benzene rings is 2. The largest absolute Gasteiger partial charge is 0.490 e. The fraction of sp³-hybridized carbons (Fsp3) is 0.350. The van der Waals surface area contributed by atoms with Crippen LogP contribution in [0.5, 0.6) is 11.5 Å². The maximum absolute atomic E-state index is 12.4. The lowest BCUT2D eigenvalue weighted by molar-refractivity contribution is -0.0137. The van der Waals surface area contributed by atoms with Crippen molar-refractivity contribution < 1.29 is 14.3 Å². The van der Waals surface area contributed by atoms with Gasteiger partial charge in [-0.3, -0.25) is 4.79 Å². The molecule has 0 atom stereocenters. The van der Waals surface area contributed by atoms with E-state index in [1.54, 1.807) is 0 Å². The summed E-state index contributed by atoms with van der Waals surface area (Å²) in [5.74, 6) is 1.86. The third-order valence-electron chi connectivity index (χ3n) is 4.89. The molecule has 0 bridgehead atoms. The van der Waals surface area contributed by atoms with E-state index in [9.17, 15) is 4.79 Å². The van der Waals surface area contributed by atoms with Gasteiger partial charge in [0.1, 0.15) is 17.1 Å². The van der Waals surface area contributed by atoms with Gasteiger partial charge in [0.2, 0.25) is 0 Å². The summed E-state index contributed by atoms with van der Waals surface area (Å²) in [5.41, 5.74) is 0.392. The van der Waals surface area contributed by atoms with E-state index in [0.29, 0.717) is 6.42 Å². The van der Waals surface area contributed by atoms with Gasteiger partial charge in [0.15, 0.2) is 5.78 Å². The van der Waals surface area contributed by atoms with Gasteiger partial charge in [-0.1, -0.05) is 30.3 Å². The maximum Gasteiger partial charge on any atom is 0.170 e. The van der Waals surface area contributed by atoms with Crippen LogP contribution in [0.1, 0.15) is 42.5 Å². The molecule has 4 rings (SSSR count). The molecule has 2 aromatic carbocycles. The van der Waals surface area contributed by atoms with E-state index in [-0.39, 0.29) is 17.5 Å². The van der Waals surface area contributed by atoms with Crippen molar-refractivity contribution in [3.05, 3.63) is 60.2 Å². The van der Waals surface area contributed by atoms with Gasteiger partial charge in [-0.25, -0.2) is 0 Å². The molecule has 1 heterocycles. The molecular weight excluding hydrogens is 288 g/mol. The number of rotatable bonds is 2. The minimum Gasteiger partial charge on any atom is -0.490 e. The van der Waals surface area contributed by atoms with Crippen LogP contribution in [-0.4, -0.2) is 17.5 Å². The molecule has 2 aromatic rings. The Morgan fingerprint density at radius 1 is 0.957 bits per heavy atom. The van der Waals surface area contributed by atoms with Crippen LogP contribution in [0.2, 0.25) is 0 Å². The van der Waals surface area contributed by atoms with Crippen molar-refractivity contribution in [2.75, 3.05) is 0 Å². The molecular formula is C20H20O3. The topological polar surface area (TPSA) is 35.5 Å². The standard InChI is InChI=1S/C20H20O3/c21-18-14-20(23-19-9-5-4-8-17(18)19)12-10-16(11-13-20)22-15-6-2-1-3-7-15/h1-9,16H,10-14H2. The molecule has 3 nitrogen and oxygen atoms in total. The summed E-state index contributed by atoms with van der Waals surface area (Å²) in [5, 5.41) is 0. The quantitative estimate of drug-likeness (QED) is 0.824. The van der Waals surface area contributed by atoms with E-state index in [0.717, 1.165) is 42.7 Å². The fourth-order valence-corrected chi connectivity index (χ4v) is 3.65. The van der Waals surface area contributed by atoms with E-state index in [2.05, 4.69) is 0 Å². The predicted molar refractivity (Wildman–Crippen MR) is 88.1 cm³/mol. The number of ketones is 1. The van der Waals surface area contributed by atoms with Crippen LogP contribution in [0.3, 0.4) is 0 Å². The average Bonchev–Trinajstić information content (AvgIpc) is 2.58. The molecule has 1 aliphatic heterocycles. The van der Waals surface area contributed by atoms with Gasteiger partial charge in [-0.05, 0) is 49.9 Å². The summed E-state index contributed by atoms with van der Waals surface area (Å²) in [6.45, 7) is 0. The Hall–Kier alpha value is -2.29. The second-order valence-electron chi connectivity index (χ2n) is 6.51. The third-order valence-corrected chi connectivity index (χ3v) is 4.89. The van der Waals surface area contributed by atoms with Crippen molar-refractivity contribution in [2.24, 2.45) is 0 Å². The van der Waals surface area contributed by atoms with E-state index in [1.165, 1.54) is 0 Å². The normalized spacial score (nSPS) is 26.4. The number of hydrogen-bond donors (Lipinski definition) is 0. The molecule has 0 unspecified atom stereocenters. The van der Waals surface area contributed by atoms with Gasteiger partial charge >= 0.3 is 0 Å². The minimum atomic E-state index is -0.331. The maximum atomic E-state index is 12.4. The lowest BCUT2D eigenvalue weighted by Crippen LogP contribution is -2.46. The zero-order valence-corrected chi connectivity index (χ0v) is 13.0. The van der Waals surface area contributed by atoms with Crippen LogP contribution < -0.4 is 9.47 Å². The predicted octanol–water partition coefficient (Wildman–Crippen LogP) is 4.41. The van der Waals surface area contributed by atoms with Crippen molar-refractivity contribution in [2.45, 2.75) is 43.8 Å². The van der Waals surface area contributed by atoms with Crippen LogP contribution in [0.4, 0.5) is 0 Å². The summed E-state index contributed by atoms with van der Waals surface area (Å²) in [7, 11) is 0. The number of Topliss-reactive ketones (excluding diaryl/α,β-unsaturated/α-hetero) is 1. The van der Waals surface area contributed by atoms with E-state index in [4.69, 9.17) is 9.47 Å². The van der Waals surface area contributed by atoms with Crippen molar-refractivity contribution >= 4 is 5.78 Å². The molecule has 1 aliphatic carbocycles. The molecule has 23 heavy (non-hydrogen) atoms. The number of fused-ring (bicyclic) bond motifs is 1. The Kier molecular flexibility index (Phi) is 3.56. The van der Waals surface area contributed by atoms with E-state index < -0.39 is 0 Å². The van der Waals surface area contributed by atoms with Crippen LogP contribution in [0, 0.1) is 0 Å². The Morgan fingerprint density at radius 2 is 1.65 bits per heavy atom. The molecule has 2 aliphatic rings. The number of para-hydroxylation sites is 2. The molecule has 0 aromatic heterocycles. The molecule has 0 radical (unpaired) electrons.